The van der Waals surface area contributed by atoms with Crippen LogP contribution in [0.1, 0.15) is 13.3 Å². The molecule has 0 fully saturated rings. The van der Waals surface area contributed by atoms with Crippen LogP contribution in [0.15, 0.2) is 17.9 Å². The highest BCUT2D eigenvalue weighted by Gasteiger charge is 2.26. The van der Waals surface area contributed by atoms with Gasteiger partial charge in [0.2, 0.25) is 0 Å². The van der Waals surface area contributed by atoms with Gasteiger partial charge < -0.3 is 5.73 Å². The lowest BCUT2D eigenvalue weighted by Crippen LogP contribution is -2.27. The van der Waals surface area contributed by atoms with Gasteiger partial charge in [0.25, 0.3) is 5.92 Å². The van der Waals surface area contributed by atoms with E-state index in [1.807, 2.05) is 0 Å². The van der Waals surface area contributed by atoms with E-state index < -0.39 is 12.5 Å². The molecule has 0 aromatic carbocycles. The van der Waals surface area contributed by atoms with Crippen LogP contribution in [0, 0.1) is 0 Å². The van der Waals surface area contributed by atoms with Gasteiger partial charge in [-0.2, -0.15) is 0 Å². The Morgan fingerprint density at radius 2 is 2.20 bits per heavy atom. The molecule has 0 aliphatic heterocycles. The number of hydrogen-bond acceptors (Lipinski definition) is 1. The van der Waals surface area contributed by atoms with Crippen LogP contribution in [0.2, 0.25) is 0 Å². The minimum absolute atomic E-state index is 0.340. The highest BCUT2D eigenvalue weighted by molar-refractivity contribution is 4.98. The van der Waals surface area contributed by atoms with Gasteiger partial charge in [0.05, 0.1) is 6.54 Å². The minimum Gasteiger partial charge on any atom is -0.325 e. The van der Waals surface area contributed by atoms with Crippen molar-refractivity contribution in [3.63, 3.8) is 0 Å². The van der Waals surface area contributed by atoms with Crippen molar-refractivity contribution < 1.29 is 8.78 Å². The molecule has 0 amide bonds. The molecule has 0 unspecified atom stereocenters. The van der Waals surface area contributed by atoms with Gasteiger partial charge in [-0.25, -0.2) is 8.78 Å². The summed E-state index contributed by atoms with van der Waals surface area (Å²) in [5, 5.41) is 0. The molecule has 0 bridgehead atoms. The van der Waals surface area contributed by atoms with E-state index in [-0.39, 0.29) is 6.42 Å². The average molecular weight is 147 g/mol. The summed E-state index contributed by atoms with van der Waals surface area (Å²) in [6.07, 6.45) is -0.340. The van der Waals surface area contributed by atoms with Crippen LogP contribution in [0.3, 0.4) is 0 Å². The minimum atomic E-state index is -2.80. The van der Waals surface area contributed by atoms with Crippen molar-refractivity contribution in [2.24, 2.45) is 5.73 Å². The normalized spacial score (nSPS) is 10.8. The van der Waals surface area contributed by atoms with Crippen LogP contribution in [0.5, 0.6) is 0 Å². The van der Waals surface area contributed by atoms with Crippen molar-refractivity contribution in [3.05, 3.63) is 17.9 Å². The van der Waals surface area contributed by atoms with Crippen LogP contribution in [-0.4, -0.2) is 12.5 Å². The smallest absolute Gasteiger partial charge is 0.264 e. The lowest BCUT2D eigenvalue weighted by Gasteiger charge is -2.11. The van der Waals surface area contributed by atoms with Crippen molar-refractivity contribution in [2.75, 3.05) is 6.54 Å². The molecule has 58 valence electrons. The molecule has 0 heterocycles. The second-order valence-corrected chi connectivity index (χ2v) is 2.19. The third kappa shape index (κ3) is 3.38. The number of rotatable bonds is 3. The largest absolute Gasteiger partial charge is 0.325 e. The summed E-state index contributed by atoms with van der Waals surface area (Å²) in [5.41, 5.74) is 7.62. The fourth-order valence-electron chi connectivity index (χ4n) is 0.523. The SMILES string of the molecule is C=C=C(C)CC(F)(F)CN. The van der Waals surface area contributed by atoms with Crippen LogP contribution in [0.25, 0.3) is 0 Å². The predicted octanol–water partition coefficient (Wildman–Crippen LogP) is 1.70. The van der Waals surface area contributed by atoms with E-state index in [4.69, 9.17) is 5.73 Å². The van der Waals surface area contributed by atoms with Gasteiger partial charge in [-0.3, -0.25) is 0 Å². The first-order valence-corrected chi connectivity index (χ1v) is 2.95. The highest BCUT2D eigenvalue weighted by Crippen LogP contribution is 2.20. The van der Waals surface area contributed by atoms with E-state index in [0.717, 1.165) is 0 Å². The Bertz CT molecular complexity index is 157. The zero-order valence-electron chi connectivity index (χ0n) is 5.95. The molecule has 0 spiro atoms. The Balaban J connectivity index is 4.01. The molecule has 1 nitrogen and oxygen atoms in total. The number of alkyl halides is 2. The zero-order valence-corrected chi connectivity index (χ0v) is 5.95. The first kappa shape index (κ1) is 9.34. The average Bonchev–Trinajstić information content (AvgIpc) is 1.87. The van der Waals surface area contributed by atoms with E-state index in [2.05, 4.69) is 12.3 Å². The molecule has 10 heavy (non-hydrogen) atoms. The zero-order chi connectivity index (χ0) is 8.20. The first-order valence-electron chi connectivity index (χ1n) is 2.95. The number of hydrogen-bond donors (Lipinski definition) is 1. The van der Waals surface area contributed by atoms with E-state index >= 15 is 0 Å². The van der Waals surface area contributed by atoms with Gasteiger partial charge in [-0.1, -0.05) is 6.58 Å². The summed E-state index contributed by atoms with van der Waals surface area (Å²) in [6, 6.07) is 0. The quantitative estimate of drug-likeness (QED) is 0.604. The van der Waals surface area contributed by atoms with Gasteiger partial charge in [-0.05, 0) is 12.5 Å². The molecule has 0 radical (unpaired) electrons. The second kappa shape index (κ2) is 3.49. The number of allylic oxidation sites excluding steroid dienone is 1. The number of halogens is 2. The van der Waals surface area contributed by atoms with Crippen LogP contribution >= 0.6 is 0 Å². The molecule has 0 atom stereocenters. The van der Waals surface area contributed by atoms with Crippen LogP contribution in [0.4, 0.5) is 8.78 Å². The van der Waals surface area contributed by atoms with Gasteiger partial charge in [0, 0.05) is 6.42 Å². The number of nitrogens with two attached hydrogens (primary N) is 1. The molecule has 0 aliphatic rings. The van der Waals surface area contributed by atoms with Crippen molar-refractivity contribution in [2.45, 2.75) is 19.3 Å². The molecular weight excluding hydrogens is 136 g/mol. The lowest BCUT2D eigenvalue weighted by molar-refractivity contribution is 0.0116. The van der Waals surface area contributed by atoms with Crippen molar-refractivity contribution >= 4 is 0 Å². The molecule has 3 heteroatoms. The molecule has 0 aliphatic carbocycles. The molecule has 0 saturated heterocycles. The van der Waals surface area contributed by atoms with Gasteiger partial charge in [-0.15, -0.1) is 5.73 Å². The van der Waals surface area contributed by atoms with E-state index in [1.54, 1.807) is 6.92 Å². The molecule has 0 aromatic rings. The molecule has 0 aromatic heterocycles. The van der Waals surface area contributed by atoms with Crippen molar-refractivity contribution in [1.29, 1.82) is 0 Å². The monoisotopic (exact) mass is 147 g/mol. The molecule has 0 rings (SSSR count). The van der Waals surface area contributed by atoms with E-state index in [1.165, 1.54) is 0 Å². The third-order valence-electron chi connectivity index (χ3n) is 1.12. The Morgan fingerprint density at radius 1 is 1.70 bits per heavy atom. The van der Waals surface area contributed by atoms with E-state index in [9.17, 15) is 8.78 Å². The summed E-state index contributed by atoms with van der Waals surface area (Å²) in [4.78, 5) is 0. The topological polar surface area (TPSA) is 26.0 Å². The fraction of sp³-hybridized carbons (Fsp3) is 0.571. The second-order valence-electron chi connectivity index (χ2n) is 2.19. The maximum absolute atomic E-state index is 12.4. The summed E-state index contributed by atoms with van der Waals surface area (Å²) in [7, 11) is 0. The third-order valence-corrected chi connectivity index (χ3v) is 1.12. The van der Waals surface area contributed by atoms with Gasteiger partial charge in [0.15, 0.2) is 0 Å². The maximum Gasteiger partial charge on any atom is 0.264 e. The summed E-state index contributed by atoms with van der Waals surface area (Å²) in [6.45, 7) is 4.18. The molecule has 2 N–H and O–H groups in total. The molecular formula is C7H11F2N. The molecule has 0 saturated carbocycles. The standard InChI is InChI=1S/C7H11F2N/c1-3-6(2)4-7(8,9)5-10/h1,4-5,10H2,2H3. The first-order chi connectivity index (χ1) is 4.52. The van der Waals surface area contributed by atoms with Crippen LogP contribution in [-0.2, 0) is 0 Å². The maximum atomic E-state index is 12.4. The van der Waals surface area contributed by atoms with Crippen molar-refractivity contribution in [1.82, 2.24) is 0 Å². The Morgan fingerprint density at radius 3 is 2.50 bits per heavy atom. The summed E-state index contributed by atoms with van der Waals surface area (Å²) in [5.74, 6) is -2.80. The summed E-state index contributed by atoms with van der Waals surface area (Å²) >= 11 is 0. The van der Waals surface area contributed by atoms with Gasteiger partial charge >= 0.3 is 0 Å². The summed E-state index contributed by atoms with van der Waals surface area (Å²) < 4.78 is 24.8. The van der Waals surface area contributed by atoms with Crippen molar-refractivity contribution in [3.8, 4) is 0 Å². The lowest BCUT2D eigenvalue weighted by atomic mass is 10.1. The highest BCUT2D eigenvalue weighted by atomic mass is 19.3. The predicted molar refractivity (Wildman–Crippen MR) is 36.9 cm³/mol. The Kier molecular flexibility index (Phi) is 3.26. The van der Waals surface area contributed by atoms with Gasteiger partial charge in [0.1, 0.15) is 0 Å². The Hall–Kier alpha value is -0.660. The van der Waals surface area contributed by atoms with E-state index in [0.29, 0.717) is 5.57 Å². The van der Waals surface area contributed by atoms with Crippen LogP contribution < -0.4 is 5.73 Å². The fourth-order valence-corrected chi connectivity index (χ4v) is 0.523. The Labute approximate surface area is 59.2 Å².